The summed E-state index contributed by atoms with van der Waals surface area (Å²) in [4.78, 5) is 21.2. The van der Waals surface area contributed by atoms with Crippen LogP contribution in [0.15, 0.2) is 48.5 Å². The van der Waals surface area contributed by atoms with Gasteiger partial charge in [0.25, 0.3) is 5.91 Å². The van der Waals surface area contributed by atoms with Gasteiger partial charge in [-0.3, -0.25) is 4.79 Å². The molecule has 1 aromatic heterocycles. The number of carbonyl (C=O) groups is 1. The van der Waals surface area contributed by atoms with Crippen molar-refractivity contribution in [2.45, 2.75) is 20.4 Å². The van der Waals surface area contributed by atoms with Crippen LogP contribution in [0.4, 0.5) is 11.5 Å². The molecule has 0 aliphatic carbocycles. The Hall–Kier alpha value is -3.61. The number of aryl methyl sites for hydroxylation is 2. The summed E-state index contributed by atoms with van der Waals surface area (Å²) < 4.78 is 10.7. The molecule has 1 amide bonds. The number of fused-ring (bicyclic) bond motifs is 1. The molecule has 0 atom stereocenters. The average Bonchev–Trinajstić information content (AvgIpc) is 3.13. The molecule has 0 fully saturated rings. The number of carbonyl (C=O) groups excluding carboxylic acids is 1. The Kier molecular flexibility index (Phi) is 4.80. The summed E-state index contributed by atoms with van der Waals surface area (Å²) >= 11 is 0. The molecule has 7 nitrogen and oxygen atoms in total. The number of ether oxygens (including phenoxy) is 2. The first kappa shape index (κ1) is 17.8. The van der Waals surface area contributed by atoms with Gasteiger partial charge >= 0.3 is 0 Å². The number of rotatable bonds is 5. The van der Waals surface area contributed by atoms with Gasteiger partial charge in [-0.25, -0.2) is 9.97 Å². The van der Waals surface area contributed by atoms with Crippen molar-refractivity contribution in [1.29, 1.82) is 0 Å². The Morgan fingerprint density at radius 3 is 2.75 bits per heavy atom. The minimum atomic E-state index is -0.268. The van der Waals surface area contributed by atoms with Crippen molar-refractivity contribution in [3.8, 4) is 11.5 Å². The summed E-state index contributed by atoms with van der Waals surface area (Å²) in [7, 11) is 0. The zero-order valence-corrected chi connectivity index (χ0v) is 15.7. The van der Waals surface area contributed by atoms with Gasteiger partial charge in [0.1, 0.15) is 17.3 Å². The van der Waals surface area contributed by atoms with Crippen LogP contribution in [-0.4, -0.2) is 22.7 Å². The molecule has 4 rings (SSSR count). The fourth-order valence-electron chi connectivity index (χ4n) is 2.94. The highest BCUT2D eigenvalue weighted by molar-refractivity contribution is 5.93. The van der Waals surface area contributed by atoms with E-state index in [4.69, 9.17) is 9.47 Å². The minimum Gasteiger partial charge on any atom is -0.454 e. The number of benzene rings is 2. The number of hydrogen-bond donors (Lipinski definition) is 2. The molecule has 142 valence electrons. The first-order valence-corrected chi connectivity index (χ1v) is 8.93. The smallest absolute Gasteiger partial charge is 0.270 e. The van der Waals surface area contributed by atoms with E-state index >= 15 is 0 Å². The molecule has 3 aromatic rings. The Labute approximate surface area is 162 Å². The van der Waals surface area contributed by atoms with Crippen molar-refractivity contribution in [1.82, 2.24) is 15.3 Å². The van der Waals surface area contributed by atoms with Crippen LogP contribution in [0.3, 0.4) is 0 Å². The van der Waals surface area contributed by atoms with Crippen molar-refractivity contribution in [3.63, 3.8) is 0 Å². The lowest BCUT2D eigenvalue weighted by atomic mass is 10.2. The molecule has 1 aliphatic rings. The van der Waals surface area contributed by atoms with Crippen molar-refractivity contribution in [3.05, 3.63) is 71.2 Å². The Morgan fingerprint density at radius 1 is 1.04 bits per heavy atom. The molecule has 7 heteroatoms. The van der Waals surface area contributed by atoms with E-state index in [1.54, 1.807) is 13.0 Å². The maximum atomic E-state index is 12.6. The highest BCUT2D eigenvalue weighted by Crippen LogP contribution is 2.32. The van der Waals surface area contributed by atoms with Gasteiger partial charge in [-0.05, 0) is 49.2 Å². The van der Waals surface area contributed by atoms with E-state index < -0.39 is 0 Å². The molecule has 0 unspecified atom stereocenters. The second-order valence-corrected chi connectivity index (χ2v) is 6.55. The van der Waals surface area contributed by atoms with Crippen LogP contribution in [-0.2, 0) is 6.54 Å². The summed E-state index contributed by atoms with van der Waals surface area (Å²) in [5.74, 6) is 2.23. The van der Waals surface area contributed by atoms with Gasteiger partial charge in [-0.15, -0.1) is 0 Å². The van der Waals surface area contributed by atoms with E-state index in [-0.39, 0.29) is 12.7 Å². The lowest BCUT2D eigenvalue weighted by Gasteiger charge is -2.10. The third-order valence-corrected chi connectivity index (χ3v) is 4.25. The quantitative estimate of drug-likeness (QED) is 0.709. The molecule has 0 bridgehead atoms. The van der Waals surface area contributed by atoms with Crippen molar-refractivity contribution < 1.29 is 14.3 Å². The van der Waals surface area contributed by atoms with Gasteiger partial charge in [0.2, 0.25) is 6.79 Å². The van der Waals surface area contributed by atoms with Crippen molar-refractivity contribution in [2.75, 3.05) is 12.1 Å². The number of anilines is 2. The van der Waals surface area contributed by atoms with E-state index in [1.807, 2.05) is 49.4 Å². The van der Waals surface area contributed by atoms with E-state index in [0.717, 1.165) is 16.8 Å². The maximum absolute atomic E-state index is 12.6. The van der Waals surface area contributed by atoms with Gasteiger partial charge in [0.05, 0.1) is 0 Å². The van der Waals surface area contributed by atoms with Crippen molar-refractivity contribution in [2.24, 2.45) is 0 Å². The molecular formula is C21H20N4O3. The predicted octanol–water partition coefficient (Wildman–Crippen LogP) is 3.50. The molecule has 0 saturated carbocycles. The molecule has 1 aliphatic heterocycles. The fraction of sp³-hybridized carbons (Fsp3) is 0.190. The third kappa shape index (κ3) is 4.03. The summed E-state index contributed by atoms with van der Waals surface area (Å²) in [5.41, 5.74) is 3.27. The molecule has 0 spiro atoms. The standard InChI is InChI=1S/C21H20N4O3/c1-13-4-3-5-16(8-13)25-20-10-17(23-14(2)24-20)21(26)22-11-15-6-7-18-19(9-15)28-12-27-18/h3-10H,11-12H2,1-2H3,(H,22,26)(H,23,24,25). The average molecular weight is 376 g/mol. The fourth-order valence-corrected chi connectivity index (χ4v) is 2.94. The minimum absolute atomic E-state index is 0.224. The summed E-state index contributed by atoms with van der Waals surface area (Å²) in [6, 6.07) is 15.2. The Bertz CT molecular complexity index is 1040. The van der Waals surface area contributed by atoms with Gasteiger partial charge in [0, 0.05) is 18.3 Å². The summed E-state index contributed by atoms with van der Waals surface area (Å²) in [5, 5.41) is 6.10. The Balaban J connectivity index is 1.45. The number of aromatic nitrogens is 2. The number of nitrogens with one attached hydrogen (secondary N) is 2. The van der Waals surface area contributed by atoms with E-state index in [9.17, 15) is 4.79 Å². The highest BCUT2D eigenvalue weighted by Gasteiger charge is 2.15. The van der Waals surface area contributed by atoms with Crippen LogP contribution in [0.25, 0.3) is 0 Å². The maximum Gasteiger partial charge on any atom is 0.270 e. The summed E-state index contributed by atoms with van der Waals surface area (Å²) in [6.45, 7) is 4.36. The topological polar surface area (TPSA) is 85.4 Å². The number of amides is 1. The highest BCUT2D eigenvalue weighted by atomic mass is 16.7. The van der Waals surface area contributed by atoms with Crippen LogP contribution < -0.4 is 20.1 Å². The Morgan fingerprint density at radius 2 is 1.89 bits per heavy atom. The zero-order chi connectivity index (χ0) is 19.5. The van der Waals surface area contributed by atoms with Gasteiger partial charge in [-0.2, -0.15) is 0 Å². The van der Waals surface area contributed by atoms with Crippen LogP contribution in [0.5, 0.6) is 11.5 Å². The molecule has 2 heterocycles. The molecule has 0 radical (unpaired) electrons. The molecule has 2 N–H and O–H groups in total. The third-order valence-electron chi connectivity index (χ3n) is 4.25. The zero-order valence-electron chi connectivity index (χ0n) is 15.7. The lowest BCUT2D eigenvalue weighted by molar-refractivity contribution is 0.0945. The number of hydrogen-bond acceptors (Lipinski definition) is 6. The van der Waals surface area contributed by atoms with Crippen LogP contribution in [0.2, 0.25) is 0 Å². The van der Waals surface area contributed by atoms with Gasteiger partial charge in [0.15, 0.2) is 11.5 Å². The summed E-state index contributed by atoms with van der Waals surface area (Å²) in [6.07, 6.45) is 0. The SMILES string of the molecule is Cc1cccc(Nc2cc(C(=O)NCc3ccc4c(c3)OCO4)nc(C)n2)c1. The number of nitrogens with zero attached hydrogens (tertiary/aromatic N) is 2. The molecule has 0 saturated heterocycles. The lowest BCUT2D eigenvalue weighted by Crippen LogP contribution is -2.24. The van der Waals surface area contributed by atoms with E-state index in [1.165, 1.54) is 0 Å². The molecule has 28 heavy (non-hydrogen) atoms. The van der Waals surface area contributed by atoms with Gasteiger partial charge in [-0.1, -0.05) is 18.2 Å². The van der Waals surface area contributed by atoms with E-state index in [2.05, 4.69) is 20.6 Å². The van der Waals surface area contributed by atoms with Crippen LogP contribution >= 0.6 is 0 Å². The predicted molar refractivity (Wildman–Crippen MR) is 105 cm³/mol. The first-order chi connectivity index (χ1) is 13.6. The first-order valence-electron chi connectivity index (χ1n) is 8.93. The molecular weight excluding hydrogens is 356 g/mol. The largest absolute Gasteiger partial charge is 0.454 e. The van der Waals surface area contributed by atoms with Crippen LogP contribution in [0, 0.1) is 13.8 Å². The molecule has 2 aromatic carbocycles. The second-order valence-electron chi connectivity index (χ2n) is 6.55. The second kappa shape index (κ2) is 7.56. The monoisotopic (exact) mass is 376 g/mol. The van der Waals surface area contributed by atoms with Gasteiger partial charge < -0.3 is 20.1 Å². The normalized spacial score (nSPS) is 11.9. The van der Waals surface area contributed by atoms with Crippen molar-refractivity contribution >= 4 is 17.4 Å². The van der Waals surface area contributed by atoms with Crippen LogP contribution in [0.1, 0.15) is 27.4 Å². The van der Waals surface area contributed by atoms with E-state index in [0.29, 0.717) is 35.4 Å².